The van der Waals surface area contributed by atoms with E-state index in [0.29, 0.717) is 15.6 Å². The molecular weight excluding hydrogens is 323 g/mol. The van der Waals surface area contributed by atoms with Gasteiger partial charge in [0.2, 0.25) is 0 Å². The quantitative estimate of drug-likeness (QED) is 0.842. The Labute approximate surface area is 138 Å². The molecule has 22 heavy (non-hydrogen) atoms. The Morgan fingerprint density at radius 2 is 2.00 bits per heavy atom. The van der Waals surface area contributed by atoms with Crippen LogP contribution in [0.15, 0.2) is 36.7 Å². The second-order valence-corrected chi connectivity index (χ2v) is 6.34. The van der Waals surface area contributed by atoms with Gasteiger partial charge in [-0.25, -0.2) is 0 Å². The Bertz CT molecular complexity index is 742. The van der Waals surface area contributed by atoms with Gasteiger partial charge >= 0.3 is 0 Å². The van der Waals surface area contributed by atoms with Gasteiger partial charge in [0.25, 0.3) is 0 Å². The first-order chi connectivity index (χ1) is 10.4. The van der Waals surface area contributed by atoms with E-state index in [9.17, 15) is 5.11 Å². The predicted octanol–water partition coefficient (Wildman–Crippen LogP) is 3.98. The van der Waals surface area contributed by atoms with Gasteiger partial charge in [-0.3, -0.25) is 4.68 Å². The van der Waals surface area contributed by atoms with E-state index in [1.54, 1.807) is 23.0 Å². The van der Waals surface area contributed by atoms with Gasteiger partial charge in [0.05, 0.1) is 22.3 Å². The van der Waals surface area contributed by atoms with Crippen LogP contribution in [0.1, 0.15) is 18.6 Å². The molecule has 1 aromatic carbocycles. The van der Waals surface area contributed by atoms with E-state index in [-0.39, 0.29) is 12.0 Å². The standard InChI is InChI=1S/C16H16Cl2N2O2/c1-8-9(2)16(21)22-15(8)12-5-14(18)13(17)4-11(12)10-6-19-20(3)7-10/h4-8,15-16,21H,2H2,1,3H3/t8-,15-,16?/m1/s1. The number of hydrogen-bond acceptors (Lipinski definition) is 3. The largest absolute Gasteiger partial charge is 0.364 e. The molecule has 6 heteroatoms. The lowest BCUT2D eigenvalue weighted by molar-refractivity contribution is -0.0806. The monoisotopic (exact) mass is 338 g/mol. The molecule has 0 amide bonds. The number of hydrogen-bond donors (Lipinski definition) is 1. The van der Waals surface area contributed by atoms with E-state index in [1.807, 2.05) is 20.2 Å². The molecule has 1 aliphatic rings. The van der Waals surface area contributed by atoms with E-state index in [0.717, 1.165) is 16.7 Å². The summed E-state index contributed by atoms with van der Waals surface area (Å²) in [6, 6.07) is 3.60. The van der Waals surface area contributed by atoms with Crippen LogP contribution in [-0.2, 0) is 11.8 Å². The molecule has 3 rings (SSSR count). The second-order valence-electron chi connectivity index (χ2n) is 5.53. The maximum atomic E-state index is 9.89. The van der Waals surface area contributed by atoms with Gasteiger partial charge in [-0.05, 0) is 28.8 Å². The number of ether oxygens (including phenoxy) is 1. The average Bonchev–Trinajstić information content (AvgIpc) is 3.01. The molecule has 0 aliphatic carbocycles. The summed E-state index contributed by atoms with van der Waals surface area (Å²) < 4.78 is 7.38. The zero-order valence-corrected chi connectivity index (χ0v) is 13.8. The molecule has 1 aromatic heterocycles. The molecule has 4 nitrogen and oxygen atoms in total. The third-order valence-corrected chi connectivity index (χ3v) is 4.77. The van der Waals surface area contributed by atoms with Crippen molar-refractivity contribution in [3.05, 3.63) is 52.3 Å². The molecule has 1 unspecified atom stereocenters. The first-order valence-electron chi connectivity index (χ1n) is 6.88. The van der Waals surface area contributed by atoms with Crippen LogP contribution in [0, 0.1) is 5.92 Å². The minimum absolute atomic E-state index is 0.0253. The van der Waals surface area contributed by atoms with Crippen molar-refractivity contribution in [1.29, 1.82) is 0 Å². The molecule has 1 aliphatic heterocycles. The van der Waals surface area contributed by atoms with Crippen LogP contribution >= 0.6 is 23.2 Å². The highest BCUT2D eigenvalue weighted by atomic mass is 35.5. The van der Waals surface area contributed by atoms with Gasteiger partial charge in [-0.2, -0.15) is 5.10 Å². The van der Waals surface area contributed by atoms with Crippen LogP contribution in [0.3, 0.4) is 0 Å². The summed E-state index contributed by atoms with van der Waals surface area (Å²) in [7, 11) is 1.85. The van der Waals surface area contributed by atoms with Crippen LogP contribution in [-0.4, -0.2) is 21.2 Å². The van der Waals surface area contributed by atoms with E-state index in [1.165, 1.54) is 0 Å². The van der Waals surface area contributed by atoms with Gasteiger partial charge in [-0.1, -0.05) is 36.7 Å². The zero-order chi connectivity index (χ0) is 16.0. The fourth-order valence-corrected chi connectivity index (χ4v) is 3.05. The van der Waals surface area contributed by atoms with Crippen molar-refractivity contribution < 1.29 is 9.84 Å². The molecule has 3 atom stereocenters. The van der Waals surface area contributed by atoms with Gasteiger partial charge < -0.3 is 9.84 Å². The highest BCUT2D eigenvalue weighted by Crippen LogP contribution is 2.45. The van der Waals surface area contributed by atoms with E-state index in [4.69, 9.17) is 27.9 Å². The van der Waals surface area contributed by atoms with Crippen molar-refractivity contribution >= 4 is 23.2 Å². The molecule has 1 saturated heterocycles. The summed E-state index contributed by atoms with van der Waals surface area (Å²) in [5, 5.41) is 15.0. The number of rotatable bonds is 2. The summed E-state index contributed by atoms with van der Waals surface area (Å²) in [6.45, 7) is 5.86. The fourth-order valence-electron chi connectivity index (χ4n) is 2.71. The SMILES string of the molecule is C=C1C(O)O[C@@H](c2cc(Cl)c(Cl)cc2-c2cnn(C)c2)[C@@H]1C. The Kier molecular flexibility index (Phi) is 4.03. The first-order valence-corrected chi connectivity index (χ1v) is 7.64. The van der Waals surface area contributed by atoms with Crippen LogP contribution in [0.5, 0.6) is 0 Å². The number of aromatic nitrogens is 2. The van der Waals surface area contributed by atoms with E-state index >= 15 is 0 Å². The Hall–Kier alpha value is -1.33. The first kappa shape index (κ1) is 15.6. The topological polar surface area (TPSA) is 47.3 Å². The van der Waals surface area contributed by atoms with Crippen molar-refractivity contribution in [3.63, 3.8) is 0 Å². The molecule has 1 N–H and O–H groups in total. The van der Waals surface area contributed by atoms with Crippen molar-refractivity contribution in [3.8, 4) is 11.1 Å². The lowest BCUT2D eigenvalue weighted by Gasteiger charge is -2.19. The van der Waals surface area contributed by atoms with Gasteiger partial charge in [0, 0.05) is 24.7 Å². The lowest BCUT2D eigenvalue weighted by atomic mass is 9.89. The molecule has 0 radical (unpaired) electrons. The molecule has 1 fully saturated rings. The third-order valence-electron chi connectivity index (χ3n) is 4.05. The normalized spacial score (nSPS) is 25.0. The molecule has 2 aromatic rings. The van der Waals surface area contributed by atoms with Crippen LogP contribution in [0.2, 0.25) is 10.0 Å². The van der Waals surface area contributed by atoms with Crippen molar-refractivity contribution in [2.45, 2.75) is 19.3 Å². The molecule has 2 heterocycles. The number of nitrogens with zero attached hydrogens (tertiary/aromatic N) is 2. The molecule has 116 valence electrons. The summed E-state index contributed by atoms with van der Waals surface area (Å²) in [5.74, 6) is -0.0253. The maximum Gasteiger partial charge on any atom is 0.177 e. The molecular formula is C16H16Cl2N2O2. The number of halogens is 2. The van der Waals surface area contributed by atoms with Crippen molar-refractivity contribution in [1.82, 2.24) is 9.78 Å². The number of aryl methyl sites for hydroxylation is 1. The van der Waals surface area contributed by atoms with Gasteiger partial charge in [0.1, 0.15) is 0 Å². The van der Waals surface area contributed by atoms with E-state index in [2.05, 4.69) is 11.7 Å². The number of aliphatic hydroxyl groups excluding tert-OH is 1. The maximum absolute atomic E-state index is 9.89. The van der Waals surface area contributed by atoms with Crippen molar-refractivity contribution in [2.24, 2.45) is 13.0 Å². The Balaban J connectivity index is 2.14. The third kappa shape index (κ3) is 2.57. The van der Waals surface area contributed by atoms with E-state index < -0.39 is 6.29 Å². The second kappa shape index (κ2) is 5.70. The fraction of sp³-hybridized carbons (Fsp3) is 0.312. The summed E-state index contributed by atoms with van der Waals surface area (Å²) >= 11 is 12.4. The van der Waals surface area contributed by atoms with Gasteiger partial charge in [0.15, 0.2) is 6.29 Å². The summed E-state index contributed by atoms with van der Waals surface area (Å²) in [6.07, 6.45) is 2.37. The van der Waals surface area contributed by atoms with Crippen molar-refractivity contribution in [2.75, 3.05) is 0 Å². The van der Waals surface area contributed by atoms with Crippen LogP contribution in [0.4, 0.5) is 0 Å². The molecule has 0 saturated carbocycles. The Morgan fingerprint density at radius 3 is 2.55 bits per heavy atom. The molecule has 0 bridgehead atoms. The van der Waals surface area contributed by atoms with Crippen LogP contribution in [0.25, 0.3) is 11.1 Å². The molecule has 0 spiro atoms. The minimum Gasteiger partial charge on any atom is -0.364 e. The smallest absolute Gasteiger partial charge is 0.177 e. The van der Waals surface area contributed by atoms with Gasteiger partial charge in [-0.15, -0.1) is 0 Å². The minimum atomic E-state index is -0.962. The highest BCUT2D eigenvalue weighted by molar-refractivity contribution is 6.42. The predicted molar refractivity (Wildman–Crippen MR) is 86.8 cm³/mol. The number of benzene rings is 1. The summed E-state index contributed by atoms with van der Waals surface area (Å²) in [4.78, 5) is 0. The lowest BCUT2D eigenvalue weighted by Crippen LogP contribution is -2.07. The highest BCUT2D eigenvalue weighted by Gasteiger charge is 2.37. The van der Waals surface area contributed by atoms with Crippen LogP contribution < -0.4 is 0 Å². The number of aliphatic hydroxyl groups is 1. The average molecular weight is 339 g/mol. The summed E-state index contributed by atoms with van der Waals surface area (Å²) in [5.41, 5.74) is 3.33. The Morgan fingerprint density at radius 1 is 1.32 bits per heavy atom. The zero-order valence-electron chi connectivity index (χ0n) is 12.3.